The number of hydrogen-bond donors (Lipinski definition) is 0. The second kappa shape index (κ2) is 6.73. The van der Waals surface area contributed by atoms with Gasteiger partial charge in [-0.3, -0.25) is 9.69 Å². The molecule has 0 N–H and O–H groups in total. The number of carbonyl (C=O) groups excluding carboxylic acids is 2. The number of rotatable bonds is 4. The Morgan fingerprint density at radius 3 is 2.67 bits per heavy atom. The maximum absolute atomic E-state index is 12.5. The van der Waals surface area contributed by atoms with Gasteiger partial charge in [-0.2, -0.15) is 0 Å². The largest absolute Gasteiger partial charge is 0.497 e. The molecule has 1 unspecified atom stereocenters. The molecule has 1 fully saturated rings. The highest BCUT2D eigenvalue weighted by atomic mass is 32.2. The van der Waals surface area contributed by atoms with E-state index in [4.69, 9.17) is 9.47 Å². The molecule has 5 nitrogen and oxygen atoms in total. The molecule has 0 spiro atoms. The fourth-order valence-electron chi connectivity index (χ4n) is 2.97. The first-order valence-electron chi connectivity index (χ1n) is 7.75. The summed E-state index contributed by atoms with van der Waals surface area (Å²) in [4.78, 5) is 26.6. The summed E-state index contributed by atoms with van der Waals surface area (Å²) in [5, 5.41) is 0.881. The van der Waals surface area contributed by atoms with Crippen molar-refractivity contribution < 1.29 is 19.1 Å². The van der Waals surface area contributed by atoms with Gasteiger partial charge >= 0.3 is 5.97 Å². The number of fused-ring (bicyclic) bond motifs is 1. The normalized spacial score (nSPS) is 20.0. The lowest BCUT2D eigenvalue weighted by atomic mass is 9.91. The van der Waals surface area contributed by atoms with Crippen molar-refractivity contribution in [1.29, 1.82) is 0 Å². The number of nitrogens with zero attached hydrogens (tertiary/aromatic N) is 1. The van der Waals surface area contributed by atoms with Gasteiger partial charge in [0.1, 0.15) is 5.75 Å². The van der Waals surface area contributed by atoms with Crippen LogP contribution in [0.5, 0.6) is 5.75 Å². The topological polar surface area (TPSA) is 55.8 Å². The summed E-state index contributed by atoms with van der Waals surface area (Å²) in [6.07, 6.45) is 1.89. The molecule has 1 aromatic carbocycles. The number of carbonyl (C=O) groups is 2. The van der Waals surface area contributed by atoms with Crippen LogP contribution in [0, 0.1) is 0 Å². The van der Waals surface area contributed by atoms with Crippen LogP contribution >= 0.6 is 11.8 Å². The molecule has 0 radical (unpaired) electrons. The third kappa shape index (κ3) is 2.82. The Bertz CT molecular complexity index is 736. The lowest BCUT2D eigenvalue weighted by Crippen LogP contribution is -2.36. The number of ether oxygens (including phenoxy) is 2. The van der Waals surface area contributed by atoms with E-state index in [1.807, 2.05) is 37.3 Å². The van der Waals surface area contributed by atoms with Crippen LogP contribution in [-0.4, -0.2) is 36.2 Å². The third-order valence-corrected chi connectivity index (χ3v) is 5.07. The molecule has 0 aromatic heterocycles. The summed E-state index contributed by atoms with van der Waals surface area (Å²) in [7, 11) is 1.60. The molecule has 24 heavy (non-hydrogen) atoms. The van der Waals surface area contributed by atoms with Gasteiger partial charge in [-0.25, -0.2) is 4.79 Å². The molecule has 6 heteroatoms. The molecule has 1 amide bonds. The number of amides is 1. The zero-order valence-electron chi connectivity index (χ0n) is 13.9. The molecular formula is C18H19NO4S. The average Bonchev–Trinajstić information content (AvgIpc) is 2.94. The first kappa shape index (κ1) is 16.6. The molecule has 1 aromatic rings. The van der Waals surface area contributed by atoms with Gasteiger partial charge in [-0.05, 0) is 43.2 Å². The van der Waals surface area contributed by atoms with Gasteiger partial charge in [0.05, 0.1) is 36.1 Å². The second-order valence-corrected chi connectivity index (χ2v) is 6.52. The number of benzene rings is 1. The SMILES string of the molecule is CCOC(=O)C1=C(C)C=C2SCC(=O)N2C1c1ccc(OC)cc1. The highest BCUT2D eigenvalue weighted by molar-refractivity contribution is 8.04. The number of thioether (sulfide) groups is 1. The van der Waals surface area contributed by atoms with Gasteiger partial charge in [-0.1, -0.05) is 23.9 Å². The van der Waals surface area contributed by atoms with Crippen LogP contribution in [0.15, 0.2) is 46.5 Å². The minimum Gasteiger partial charge on any atom is -0.497 e. The van der Waals surface area contributed by atoms with E-state index in [0.717, 1.165) is 21.9 Å². The van der Waals surface area contributed by atoms with Crippen molar-refractivity contribution in [2.45, 2.75) is 19.9 Å². The molecule has 126 valence electrons. The highest BCUT2D eigenvalue weighted by Crippen LogP contribution is 2.45. The molecule has 1 saturated heterocycles. The van der Waals surface area contributed by atoms with Gasteiger partial charge in [-0.15, -0.1) is 0 Å². The van der Waals surface area contributed by atoms with Crippen molar-refractivity contribution in [3.63, 3.8) is 0 Å². The van der Waals surface area contributed by atoms with E-state index >= 15 is 0 Å². The van der Waals surface area contributed by atoms with Gasteiger partial charge in [0.25, 0.3) is 0 Å². The maximum Gasteiger partial charge on any atom is 0.336 e. The minimum atomic E-state index is -0.461. The van der Waals surface area contributed by atoms with E-state index in [9.17, 15) is 9.59 Å². The van der Waals surface area contributed by atoms with Gasteiger partial charge in [0.2, 0.25) is 5.91 Å². The highest BCUT2D eigenvalue weighted by Gasteiger charge is 2.41. The standard InChI is InChI=1S/C18H19NO4S/c1-4-23-18(21)16-11(2)9-15-19(14(20)10-24-15)17(16)12-5-7-13(22-3)8-6-12/h5-9,17H,4,10H2,1-3H3. The zero-order chi connectivity index (χ0) is 17.3. The molecule has 0 bridgehead atoms. The Kier molecular flexibility index (Phi) is 4.66. The van der Waals surface area contributed by atoms with Crippen molar-refractivity contribution >= 4 is 23.6 Å². The monoisotopic (exact) mass is 345 g/mol. The van der Waals surface area contributed by atoms with Crippen molar-refractivity contribution in [3.05, 3.63) is 52.1 Å². The van der Waals surface area contributed by atoms with E-state index in [-0.39, 0.29) is 11.9 Å². The van der Waals surface area contributed by atoms with Gasteiger partial charge in [0, 0.05) is 0 Å². The van der Waals surface area contributed by atoms with Crippen molar-refractivity contribution in [2.24, 2.45) is 0 Å². The Balaban J connectivity index is 2.10. The van der Waals surface area contributed by atoms with Crippen molar-refractivity contribution in [1.82, 2.24) is 4.90 Å². The van der Waals surface area contributed by atoms with Crippen LogP contribution in [-0.2, 0) is 14.3 Å². The number of allylic oxidation sites excluding steroid dienone is 2. The summed E-state index contributed by atoms with van der Waals surface area (Å²) < 4.78 is 10.4. The van der Waals surface area contributed by atoms with E-state index in [1.165, 1.54) is 11.8 Å². The Morgan fingerprint density at radius 2 is 2.04 bits per heavy atom. The van der Waals surface area contributed by atoms with E-state index in [0.29, 0.717) is 17.9 Å². The van der Waals surface area contributed by atoms with E-state index in [2.05, 4.69) is 0 Å². The first-order chi connectivity index (χ1) is 11.6. The summed E-state index contributed by atoms with van der Waals surface area (Å²) in [5.74, 6) is 0.741. The van der Waals surface area contributed by atoms with Crippen LogP contribution < -0.4 is 4.74 Å². The average molecular weight is 345 g/mol. The maximum atomic E-state index is 12.5. The lowest BCUT2D eigenvalue weighted by Gasteiger charge is -2.34. The Labute approximate surface area is 145 Å². The molecule has 2 aliphatic heterocycles. The van der Waals surface area contributed by atoms with Crippen LogP contribution in [0.3, 0.4) is 0 Å². The predicted octanol–water partition coefficient (Wildman–Crippen LogP) is 3.05. The molecule has 2 heterocycles. The molecule has 0 aliphatic carbocycles. The summed E-state index contributed by atoms with van der Waals surface area (Å²) >= 11 is 1.50. The van der Waals surface area contributed by atoms with Crippen molar-refractivity contribution in [3.8, 4) is 5.75 Å². The fourth-order valence-corrected chi connectivity index (χ4v) is 3.99. The third-order valence-electron chi connectivity index (χ3n) is 4.07. The zero-order valence-corrected chi connectivity index (χ0v) is 14.7. The quantitative estimate of drug-likeness (QED) is 0.785. The summed E-state index contributed by atoms with van der Waals surface area (Å²) in [5.41, 5.74) is 2.21. The predicted molar refractivity (Wildman–Crippen MR) is 92.5 cm³/mol. The number of methoxy groups -OCH3 is 1. The smallest absolute Gasteiger partial charge is 0.336 e. The first-order valence-corrected chi connectivity index (χ1v) is 8.73. The Hall–Kier alpha value is -2.21. The van der Waals surface area contributed by atoms with Gasteiger partial charge < -0.3 is 9.47 Å². The van der Waals surface area contributed by atoms with Gasteiger partial charge in [0.15, 0.2) is 0 Å². The molecular weight excluding hydrogens is 326 g/mol. The number of hydrogen-bond acceptors (Lipinski definition) is 5. The molecule has 2 aliphatic rings. The molecule has 1 atom stereocenters. The fraction of sp³-hybridized carbons (Fsp3) is 0.333. The minimum absolute atomic E-state index is 0.00127. The van der Waals surface area contributed by atoms with Crippen molar-refractivity contribution in [2.75, 3.05) is 19.5 Å². The van der Waals surface area contributed by atoms with Crippen LogP contribution in [0.1, 0.15) is 25.5 Å². The van der Waals surface area contributed by atoms with Crippen LogP contribution in [0.25, 0.3) is 0 Å². The second-order valence-electron chi connectivity index (χ2n) is 5.53. The lowest BCUT2D eigenvalue weighted by molar-refractivity contribution is -0.139. The van der Waals surface area contributed by atoms with Crippen LogP contribution in [0.4, 0.5) is 0 Å². The summed E-state index contributed by atoms with van der Waals surface area (Å²) in [6, 6.07) is 6.97. The van der Waals surface area contributed by atoms with E-state index < -0.39 is 6.04 Å². The molecule has 0 saturated carbocycles. The molecule has 3 rings (SSSR count). The van der Waals surface area contributed by atoms with E-state index in [1.54, 1.807) is 18.9 Å². The summed E-state index contributed by atoms with van der Waals surface area (Å²) in [6.45, 7) is 3.96. The Morgan fingerprint density at radius 1 is 1.33 bits per heavy atom. The van der Waals surface area contributed by atoms with Crippen LogP contribution in [0.2, 0.25) is 0 Å². The number of esters is 1.